The van der Waals surface area contributed by atoms with E-state index in [1.165, 1.54) is 21.0 Å². The standard InChI is InChI=1S/C24H26N4S/c1-17-14-20-23(25-21-10-6-7-11-22(21)26-24(20)29-17)28-13-12-27(2)19(16-28)15-18-8-4-3-5-9-18/h3-11,14,19,26H,12-13,15-16H2,1-2H3. The van der Waals surface area contributed by atoms with Crippen LogP contribution in [0.1, 0.15) is 16.0 Å². The molecule has 1 saturated heterocycles. The van der Waals surface area contributed by atoms with Gasteiger partial charge >= 0.3 is 0 Å². The van der Waals surface area contributed by atoms with Crippen molar-refractivity contribution in [2.75, 3.05) is 32.0 Å². The molecule has 1 unspecified atom stereocenters. The van der Waals surface area contributed by atoms with Crippen LogP contribution in [-0.4, -0.2) is 48.4 Å². The second-order valence-electron chi connectivity index (χ2n) is 7.95. The monoisotopic (exact) mass is 402 g/mol. The zero-order valence-corrected chi connectivity index (χ0v) is 17.7. The van der Waals surface area contributed by atoms with Crippen LogP contribution >= 0.6 is 11.3 Å². The van der Waals surface area contributed by atoms with E-state index in [4.69, 9.17) is 4.99 Å². The van der Waals surface area contributed by atoms with Crippen molar-refractivity contribution in [1.29, 1.82) is 0 Å². The first-order valence-electron chi connectivity index (χ1n) is 10.2. The Labute approximate surface area is 176 Å². The Morgan fingerprint density at radius 3 is 2.72 bits per heavy atom. The highest BCUT2D eigenvalue weighted by atomic mass is 32.1. The molecule has 4 nitrogen and oxygen atoms in total. The fraction of sp³-hybridized carbons (Fsp3) is 0.292. The van der Waals surface area contributed by atoms with Gasteiger partial charge in [0.15, 0.2) is 0 Å². The average molecular weight is 403 g/mol. The van der Waals surface area contributed by atoms with Crippen LogP contribution < -0.4 is 5.32 Å². The lowest BCUT2D eigenvalue weighted by Gasteiger charge is -2.41. The normalized spacial score (nSPS) is 19.0. The van der Waals surface area contributed by atoms with Crippen LogP contribution in [0.3, 0.4) is 0 Å². The average Bonchev–Trinajstić information content (AvgIpc) is 3.02. The Morgan fingerprint density at radius 1 is 1.07 bits per heavy atom. The van der Waals surface area contributed by atoms with Gasteiger partial charge in [-0.15, -0.1) is 11.3 Å². The Hall–Kier alpha value is -2.63. The molecule has 1 N–H and O–H groups in total. The van der Waals surface area contributed by atoms with Crippen LogP contribution in [-0.2, 0) is 6.42 Å². The molecule has 1 aromatic heterocycles. The summed E-state index contributed by atoms with van der Waals surface area (Å²) in [4.78, 5) is 11.4. The fourth-order valence-corrected chi connectivity index (χ4v) is 5.15. The molecule has 3 aromatic rings. The van der Waals surface area contributed by atoms with E-state index in [1.807, 2.05) is 11.3 Å². The van der Waals surface area contributed by atoms with Crippen molar-refractivity contribution >= 4 is 33.5 Å². The van der Waals surface area contributed by atoms with Gasteiger partial charge in [-0.05, 0) is 44.2 Å². The lowest BCUT2D eigenvalue weighted by molar-refractivity contribution is 0.141. The molecular formula is C24H26N4S. The third-order valence-electron chi connectivity index (χ3n) is 5.87. The van der Waals surface area contributed by atoms with Gasteiger partial charge < -0.3 is 10.2 Å². The molecule has 0 radical (unpaired) electrons. The van der Waals surface area contributed by atoms with E-state index < -0.39 is 0 Å². The molecule has 3 heterocycles. The number of rotatable bonds is 2. The summed E-state index contributed by atoms with van der Waals surface area (Å²) in [5, 5.41) is 4.82. The van der Waals surface area contributed by atoms with Gasteiger partial charge in [-0.1, -0.05) is 42.5 Å². The van der Waals surface area contributed by atoms with E-state index in [2.05, 4.69) is 89.8 Å². The summed E-state index contributed by atoms with van der Waals surface area (Å²) in [6, 6.07) is 21.9. The Morgan fingerprint density at radius 2 is 1.86 bits per heavy atom. The van der Waals surface area contributed by atoms with Crippen LogP contribution in [0.2, 0.25) is 0 Å². The van der Waals surface area contributed by atoms with Crippen molar-refractivity contribution in [1.82, 2.24) is 9.80 Å². The number of hydrogen-bond acceptors (Lipinski definition) is 5. The molecule has 2 aliphatic heterocycles. The minimum Gasteiger partial charge on any atom is -0.353 e. The SMILES string of the molecule is Cc1cc2c(s1)Nc1ccccc1N=C2N1CCN(C)C(Cc2ccccc2)C1. The maximum atomic E-state index is 5.15. The highest BCUT2D eigenvalue weighted by Crippen LogP contribution is 2.39. The summed E-state index contributed by atoms with van der Waals surface area (Å²) in [5.41, 5.74) is 4.72. The van der Waals surface area contributed by atoms with E-state index in [9.17, 15) is 0 Å². The largest absolute Gasteiger partial charge is 0.353 e. The minimum atomic E-state index is 0.475. The van der Waals surface area contributed by atoms with Gasteiger partial charge in [-0.3, -0.25) is 4.90 Å². The highest BCUT2D eigenvalue weighted by Gasteiger charge is 2.30. The van der Waals surface area contributed by atoms with Crippen molar-refractivity contribution in [2.45, 2.75) is 19.4 Å². The molecule has 0 bridgehead atoms. The Balaban J connectivity index is 1.49. The number of nitrogens with zero attached hydrogens (tertiary/aromatic N) is 3. The molecule has 1 fully saturated rings. The topological polar surface area (TPSA) is 30.9 Å². The first kappa shape index (κ1) is 18.4. The van der Waals surface area contributed by atoms with E-state index in [0.29, 0.717) is 6.04 Å². The van der Waals surface area contributed by atoms with Gasteiger partial charge in [-0.25, -0.2) is 4.99 Å². The molecule has 2 aromatic carbocycles. The van der Waals surface area contributed by atoms with E-state index in [-0.39, 0.29) is 0 Å². The maximum absolute atomic E-state index is 5.15. The summed E-state index contributed by atoms with van der Waals surface area (Å²) in [6.45, 7) is 5.20. The molecular weight excluding hydrogens is 376 g/mol. The number of thiophene rings is 1. The van der Waals surface area contributed by atoms with Crippen LogP contribution in [0, 0.1) is 6.92 Å². The van der Waals surface area contributed by atoms with Crippen molar-refractivity contribution in [3.63, 3.8) is 0 Å². The van der Waals surface area contributed by atoms with Crippen molar-refractivity contribution in [2.24, 2.45) is 4.99 Å². The predicted octanol–water partition coefficient (Wildman–Crippen LogP) is 5.05. The number of benzene rings is 2. The number of likely N-dealkylation sites (N-methyl/N-ethyl adjacent to an activating group) is 1. The number of aryl methyl sites for hydroxylation is 1. The number of hydrogen-bond donors (Lipinski definition) is 1. The summed E-state index contributed by atoms with van der Waals surface area (Å²) in [6.07, 6.45) is 1.06. The van der Waals surface area contributed by atoms with Gasteiger partial charge in [0.1, 0.15) is 10.8 Å². The zero-order chi connectivity index (χ0) is 19.8. The molecule has 2 aliphatic rings. The first-order valence-corrected chi connectivity index (χ1v) is 11.0. The third-order valence-corrected chi connectivity index (χ3v) is 6.83. The Kier molecular flexibility index (Phi) is 4.86. The van der Waals surface area contributed by atoms with Crippen LogP contribution in [0.15, 0.2) is 65.7 Å². The fourth-order valence-electron chi connectivity index (χ4n) is 4.23. The quantitative estimate of drug-likeness (QED) is 0.651. The minimum absolute atomic E-state index is 0.475. The number of piperazine rings is 1. The van der Waals surface area contributed by atoms with Crippen LogP contribution in [0.25, 0.3) is 0 Å². The van der Waals surface area contributed by atoms with E-state index in [0.717, 1.165) is 43.3 Å². The van der Waals surface area contributed by atoms with Crippen molar-refractivity contribution < 1.29 is 0 Å². The number of nitrogens with one attached hydrogen (secondary N) is 1. The molecule has 0 aliphatic carbocycles. The zero-order valence-electron chi connectivity index (χ0n) is 16.9. The number of amidine groups is 1. The number of anilines is 2. The van der Waals surface area contributed by atoms with Crippen LogP contribution in [0.4, 0.5) is 16.4 Å². The summed E-state index contributed by atoms with van der Waals surface area (Å²) in [7, 11) is 2.25. The molecule has 5 heteroatoms. The number of aliphatic imine (C=N–C) groups is 1. The number of para-hydroxylation sites is 2. The summed E-state index contributed by atoms with van der Waals surface area (Å²) in [5.74, 6) is 1.10. The predicted molar refractivity (Wildman–Crippen MR) is 123 cm³/mol. The van der Waals surface area contributed by atoms with Gasteiger partial charge in [0.2, 0.25) is 0 Å². The van der Waals surface area contributed by atoms with E-state index >= 15 is 0 Å². The molecule has 1 atom stereocenters. The molecule has 29 heavy (non-hydrogen) atoms. The van der Waals surface area contributed by atoms with E-state index in [1.54, 1.807) is 0 Å². The summed E-state index contributed by atoms with van der Waals surface area (Å²) >= 11 is 1.81. The molecule has 0 amide bonds. The first-order chi connectivity index (χ1) is 14.2. The number of fused-ring (bicyclic) bond motifs is 2. The smallest absolute Gasteiger partial charge is 0.139 e. The van der Waals surface area contributed by atoms with Crippen LogP contribution in [0.5, 0.6) is 0 Å². The Bertz CT molecular complexity index is 1040. The molecule has 148 valence electrons. The highest BCUT2D eigenvalue weighted by molar-refractivity contribution is 7.16. The van der Waals surface area contributed by atoms with Crippen molar-refractivity contribution in [3.05, 3.63) is 76.7 Å². The maximum Gasteiger partial charge on any atom is 0.139 e. The molecule has 0 saturated carbocycles. The lowest BCUT2D eigenvalue weighted by Crippen LogP contribution is -2.54. The van der Waals surface area contributed by atoms with Gasteiger partial charge in [0, 0.05) is 30.6 Å². The lowest BCUT2D eigenvalue weighted by atomic mass is 10.0. The van der Waals surface area contributed by atoms with Gasteiger partial charge in [0.25, 0.3) is 0 Å². The molecule has 5 rings (SSSR count). The second kappa shape index (κ2) is 7.65. The third kappa shape index (κ3) is 3.68. The summed E-state index contributed by atoms with van der Waals surface area (Å²) < 4.78 is 0. The molecule has 0 spiro atoms. The second-order valence-corrected chi connectivity index (χ2v) is 9.20. The van der Waals surface area contributed by atoms with Gasteiger partial charge in [0.05, 0.1) is 16.9 Å². The van der Waals surface area contributed by atoms with Gasteiger partial charge in [-0.2, -0.15) is 0 Å². The van der Waals surface area contributed by atoms with Crippen molar-refractivity contribution in [3.8, 4) is 0 Å².